The number of fused-ring (bicyclic) bond motifs is 8. The molecule has 0 aliphatic heterocycles. The summed E-state index contributed by atoms with van der Waals surface area (Å²) < 4.78 is 0. The van der Waals surface area contributed by atoms with Gasteiger partial charge in [-0.1, -0.05) is 170 Å². The number of benzene rings is 7. The molecule has 0 radical (unpaired) electrons. The first-order valence-electron chi connectivity index (χ1n) is 17.3. The maximum absolute atomic E-state index is 2.41. The maximum atomic E-state index is 2.41. The van der Waals surface area contributed by atoms with Gasteiger partial charge in [-0.3, -0.25) is 0 Å². The number of rotatable bonds is 4. The van der Waals surface area contributed by atoms with E-state index >= 15 is 0 Å². The molecule has 0 bridgehead atoms. The Balaban J connectivity index is 1.12. The third kappa shape index (κ3) is 4.08. The van der Waals surface area contributed by atoms with Crippen LogP contribution in [-0.4, -0.2) is 0 Å². The second kappa shape index (κ2) is 10.4. The molecule has 9 rings (SSSR count). The van der Waals surface area contributed by atoms with E-state index in [2.05, 4.69) is 174 Å². The van der Waals surface area contributed by atoms with Gasteiger partial charge in [-0.15, -0.1) is 0 Å². The molecule has 0 heterocycles. The van der Waals surface area contributed by atoms with Gasteiger partial charge in [0, 0.05) is 5.41 Å². The molecule has 0 spiro atoms. The lowest BCUT2D eigenvalue weighted by molar-refractivity contribution is 0.660. The lowest BCUT2D eigenvalue weighted by Gasteiger charge is -2.34. The summed E-state index contributed by atoms with van der Waals surface area (Å²) >= 11 is 0. The molecule has 2 aliphatic carbocycles. The first kappa shape index (κ1) is 29.0. The predicted molar refractivity (Wildman–Crippen MR) is 202 cm³/mol. The van der Waals surface area contributed by atoms with Crippen LogP contribution in [0.3, 0.4) is 0 Å². The quantitative estimate of drug-likeness (QED) is 0.185. The van der Waals surface area contributed by atoms with Gasteiger partial charge in [0.15, 0.2) is 0 Å². The Morgan fingerprint density at radius 2 is 1.04 bits per heavy atom. The van der Waals surface area contributed by atoms with Gasteiger partial charge in [-0.25, -0.2) is 0 Å². The molecular formula is C48H40. The van der Waals surface area contributed by atoms with Crippen LogP contribution in [0.15, 0.2) is 140 Å². The Kier molecular flexibility index (Phi) is 6.28. The molecule has 2 aliphatic rings. The van der Waals surface area contributed by atoms with E-state index in [0.717, 1.165) is 6.42 Å². The van der Waals surface area contributed by atoms with Crippen molar-refractivity contribution in [3.8, 4) is 22.3 Å². The number of hydrogen-bond donors (Lipinski definition) is 0. The van der Waals surface area contributed by atoms with Crippen LogP contribution in [0.4, 0.5) is 0 Å². The minimum Gasteiger partial charge on any atom is -0.0619 e. The molecule has 0 heteroatoms. The Labute approximate surface area is 284 Å². The third-order valence-electron chi connectivity index (χ3n) is 11.4. The zero-order valence-electron chi connectivity index (χ0n) is 28.5. The highest BCUT2D eigenvalue weighted by Crippen LogP contribution is 2.56. The van der Waals surface area contributed by atoms with Crippen molar-refractivity contribution in [3.05, 3.63) is 201 Å². The van der Waals surface area contributed by atoms with E-state index in [0.29, 0.717) is 0 Å². The smallest absolute Gasteiger partial charge is 0.0619 e. The van der Waals surface area contributed by atoms with Crippen LogP contribution >= 0.6 is 0 Å². The SMILES string of the molecule is Cc1ccc(C2(c3ccc(Cc4ccc5c6c(ccc5c4)C(C)(C)c4cc(C)ccc4-6)cc3)c3ccccc3-c3ccc(C)cc32)cc1. The van der Waals surface area contributed by atoms with E-state index in [1.54, 1.807) is 0 Å². The van der Waals surface area contributed by atoms with Gasteiger partial charge in [0.2, 0.25) is 0 Å². The van der Waals surface area contributed by atoms with Crippen LogP contribution < -0.4 is 0 Å². The third-order valence-corrected chi connectivity index (χ3v) is 11.4. The first-order chi connectivity index (χ1) is 23.2. The molecule has 232 valence electrons. The van der Waals surface area contributed by atoms with Crippen LogP contribution in [0, 0.1) is 20.8 Å². The van der Waals surface area contributed by atoms with Crippen molar-refractivity contribution in [2.24, 2.45) is 0 Å². The standard InChI is InChI=1S/C48H40/c1-30-10-18-36(19-11-30)48(42-9-7-6-8-39(42)40-22-12-32(3)27-45(40)48)37-20-14-33(15-21-37)28-34-16-24-38-35(29-34)17-25-43-46(38)41-23-13-31(2)26-44(41)47(43,4)5/h6-27,29H,28H2,1-5H3. The summed E-state index contributed by atoms with van der Waals surface area (Å²) in [4.78, 5) is 0. The number of hydrogen-bond acceptors (Lipinski definition) is 0. The van der Waals surface area contributed by atoms with Crippen molar-refractivity contribution in [1.82, 2.24) is 0 Å². The molecule has 0 saturated carbocycles. The van der Waals surface area contributed by atoms with Gasteiger partial charge in [0.1, 0.15) is 0 Å². The van der Waals surface area contributed by atoms with Crippen molar-refractivity contribution in [2.75, 3.05) is 0 Å². The zero-order valence-corrected chi connectivity index (χ0v) is 28.5. The van der Waals surface area contributed by atoms with E-state index < -0.39 is 0 Å². The summed E-state index contributed by atoms with van der Waals surface area (Å²) in [6.45, 7) is 11.3. The minimum absolute atomic E-state index is 0.0142. The topological polar surface area (TPSA) is 0 Å². The molecule has 7 aromatic rings. The highest BCUT2D eigenvalue weighted by molar-refractivity contribution is 6.02. The Bertz CT molecular complexity index is 2400. The summed E-state index contributed by atoms with van der Waals surface area (Å²) in [5.41, 5.74) is 20.0. The monoisotopic (exact) mass is 616 g/mol. The maximum Gasteiger partial charge on any atom is 0.0713 e. The van der Waals surface area contributed by atoms with Crippen molar-refractivity contribution in [1.29, 1.82) is 0 Å². The van der Waals surface area contributed by atoms with Gasteiger partial charge in [0.05, 0.1) is 5.41 Å². The van der Waals surface area contributed by atoms with Gasteiger partial charge in [-0.05, 0) is 105 Å². The summed E-state index contributed by atoms with van der Waals surface area (Å²) in [5.74, 6) is 0. The Morgan fingerprint density at radius 1 is 0.438 bits per heavy atom. The minimum atomic E-state index is -0.365. The molecule has 1 atom stereocenters. The highest BCUT2D eigenvalue weighted by atomic mass is 14.5. The number of aryl methyl sites for hydroxylation is 3. The van der Waals surface area contributed by atoms with Crippen molar-refractivity contribution < 1.29 is 0 Å². The largest absolute Gasteiger partial charge is 0.0713 e. The van der Waals surface area contributed by atoms with Crippen LogP contribution in [0.5, 0.6) is 0 Å². The summed E-state index contributed by atoms with van der Waals surface area (Å²) in [6, 6.07) is 53.5. The molecular weight excluding hydrogens is 577 g/mol. The Morgan fingerprint density at radius 3 is 1.79 bits per heavy atom. The predicted octanol–water partition coefficient (Wildman–Crippen LogP) is 12.0. The fourth-order valence-corrected chi connectivity index (χ4v) is 8.93. The van der Waals surface area contributed by atoms with Crippen molar-refractivity contribution >= 4 is 10.8 Å². The van der Waals surface area contributed by atoms with Crippen molar-refractivity contribution in [2.45, 2.75) is 51.9 Å². The molecule has 48 heavy (non-hydrogen) atoms. The van der Waals surface area contributed by atoms with E-state index in [4.69, 9.17) is 0 Å². The second-order valence-corrected chi connectivity index (χ2v) is 14.8. The molecule has 0 nitrogen and oxygen atoms in total. The molecule has 0 saturated heterocycles. The average Bonchev–Trinajstić information content (AvgIpc) is 3.50. The van der Waals surface area contributed by atoms with E-state index in [9.17, 15) is 0 Å². The van der Waals surface area contributed by atoms with Gasteiger partial charge in [0.25, 0.3) is 0 Å². The highest BCUT2D eigenvalue weighted by Gasteiger charge is 2.46. The fourth-order valence-electron chi connectivity index (χ4n) is 8.93. The van der Waals surface area contributed by atoms with Gasteiger partial charge >= 0.3 is 0 Å². The van der Waals surface area contributed by atoms with Gasteiger partial charge < -0.3 is 0 Å². The summed E-state index contributed by atoms with van der Waals surface area (Å²) in [7, 11) is 0. The Hall–Kier alpha value is -5.20. The first-order valence-corrected chi connectivity index (χ1v) is 17.3. The van der Waals surface area contributed by atoms with E-state index in [-0.39, 0.29) is 10.8 Å². The molecule has 1 unspecified atom stereocenters. The summed E-state index contributed by atoms with van der Waals surface area (Å²) in [6.07, 6.45) is 0.901. The van der Waals surface area contributed by atoms with Crippen LogP contribution in [0.25, 0.3) is 33.0 Å². The molecule has 0 amide bonds. The lowest BCUT2D eigenvalue weighted by Crippen LogP contribution is -2.28. The molecule has 0 fully saturated rings. The molecule has 0 aromatic heterocycles. The van der Waals surface area contributed by atoms with Crippen LogP contribution in [0.1, 0.15) is 75.0 Å². The molecule has 7 aromatic carbocycles. The van der Waals surface area contributed by atoms with E-state index in [1.807, 2.05) is 0 Å². The second-order valence-electron chi connectivity index (χ2n) is 14.8. The van der Waals surface area contributed by atoms with Gasteiger partial charge in [-0.2, -0.15) is 0 Å². The normalized spacial score (nSPS) is 16.8. The average molecular weight is 617 g/mol. The lowest BCUT2D eigenvalue weighted by atomic mass is 9.67. The van der Waals surface area contributed by atoms with E-state index in [1.165, 1.54) is 94.2 Å². The zero-order chi connectivity index (χ0) is 32.8. The van der Waals surface area contributed by atoms with Crippen LogP contribution in [0.2, 0.25) is 0 Å². The summed E-state index contributed by atoms with van der Waals surface area (Å²) in [5, 5.41) is 2.68. The fraction of sp³-hybridized carbons (Fsp3) is 0.167. The van der Waals surface area contributed by atoms with Crippen LogP contribution in [-0.2, 0) is 17.3 Å². The van der Waals surface area contributed by atoms with Crippen molar-refractivity contribution in [3.63, 3.8) is 0 Å². The molecule has 0 N–H and O–H groups in total.